The minimum Gasteiger partial charge on any atom is -0.487 e. The number of nitrogens with one attached hydrogen (secondary N) is 1. The minimum absolute atomic E-state index is 0.0430. The molecule has 0 saturated carbocycles. The molecule has 2 amide bonds. The van der Waals surface area contributed by atoms with Gasteiger partial charge in [0.15, 0.2) is 11.6 Å². The molecule has 188 valence electrons. The van der Waals surface area contributed by atoms with Crippen LogP contribution in [0.25, 0.3) is 6.08 Å². The lowest BCUT2D eigenvalue weighted by molar-refractivity contribution is -0.130. The first-order chi connectivity index (χ1) is 17.4. The number of likely N-dealkylation sites (tertiary alicyclic amines) is 1. The zero-order valence-corrected chi connectivity index (χ0v) is 20.3. The molecule has 7 heteroatoms. The summed E-state index contributed by atoms with van der Waals surface area (Å²) in [6.07, 6.45) is 2.93. The van der Waals surface area contributed by atoms with E-state index in [-0.39, 0.29) is 23.7 Å². The van der Waals surface area contributed by atoms with E-state index in [9.17, 15) is 18.4 Å². The molecule has 1 saturated heterocycles. The first kappa shape index (κ1) is 26.6. The van der Waals surface area contributed by atoms with Gasteiger partial charge in [-0.15, -0.1) is 0 Å². The Kier molecular flexibility index (Phi) is 9.74. The van der Waals surface area contributed by atoms with E-state index in [1.54, 1.807) is 17.0 Å². The molecular weight excluding hydrogens is 462 g/mol. The topological polar surface area (TPSA) is 58.6 Å². The van der Waals surface area contributed by atoms with Gasteiger partial charge in [0.1, 0.15) is 11.9 Å². The lowest BCUT2D eigenvalue weighted by Gasteiger charge is -2.31. The van der Waals surface area contributed by atoms with Gasteiger partial charge in [0.2, 0.25) is 5.91 Å². The van der Waals surface area contributed by atoms with Crippen LogP contribution in [0.4, 0.5) is 8.78 Å². The largest absolute Gasteiger partial charge is 0.487 e. The van der Waals surface area contributed by atoms with Gasteiger partial charge in [-0.25, -0.2) is 8.78 Å². The van der Waals surface area contributed by atoms with Crippen LogP contribution in [-0.4, -0.2) is 35.9 Å². The minimum atomic E-state index is -0.691. The fourth-order valence-electron chi connectivity index (χ4n) is 3.73. The molecule has 36 heavy (non-hydrogen) atoms. The highest BCUT2D eigenvalue weighted by Crippen LogP contribution is 2.22. The van der Waals surface area contributed by atoms with Crippen LogP contribution in [0.3, 0.4) is 0 Å². The molecule has 0 spiro atoms. The number of carbonyl (C=O) groups excluding carboxylic acids is 2. The molecule has 0 aromatic heterocycles. The molecule has 1 aliphatic rings. The first-order valence-electron chi connectivity index (χ1n) is 11.8. The van der Waals surface area contributed by atoms with Crippen molar-refractivity contribution in [3.05, 3.63) is 108 Å². The number of nitrogens with zero attached hydrogens (tertiary/aromatic N) is 1. The van der Waals surface area contributed by atoms with Crippen molar-refractivity contribution in [2.45, 2.75) is 32.4 Å². The molecule has 5 nitrogen and oxygen atoms in total. The van der Waals surface area contributed by atoms with Gasteiger partial charge in [-0.2, -0.15) is 0 Å². The number of amides is 2. The quantitative estimate of drug-likeness (QED) is 0.486. The Hall–Kier alpha value is -4.00. The summed E-state index contributed by atoms with van der Waals surface area (Å²) < 4.78 is 31.6. The second-order valence-electron chi connectivity index (χ2n) is 8.40. The zero-order valence-electron chi connectivity index (χ0n) is 20.3. The highest BCUT2D eigenvalue weighted by atomic mass is 19.1. The van der Waals surface area contributed by atoms with Gasteiger partial charge >= 0.3 is 0 Å². The zero-order chi connectivity index (χ0) is 25.9. The number of hydrogen-bond donors (Lipinski definition) is 1. The van der Waals surface area contributed by atoms with Gasteiger partial charge in [0.25, 0.3) is 5.91 Å². The molecule has 3 aromatic carbocycles. The predicted octanol–water partition coefficient (Wildman–Crippen LogP) is 5.61. The number of carbonyl (C=O) groups is 2. The molecule has 1 N–H and O–H groups in total. The smallest absolute Gasteiger partial charge is 0.251 e. The van der Waals surface area contributed by atoms with E-state index >= 15 is 0 Å². The van der Waals surface area contributed by atoms with Gasteiger partial charge in [-0.05, 0) is 35.4 Å². The fourth-order valence-corrected chi connectivity index (χ4v) is 3.73. The van der Waals surface area contributed by atoms with Crippen molar-refractivity contribution in [1.82, 2.24) is 10.2 Å². The number of hydrogen-bond acceptors (Lipinski definition) is 3. The Balaban J connectivity index is 0.000000201. The van der Waals surface area contributed by atoms with E-state index in [1.807, 2.05) is 48.5 Å². The summed E-state index contributed by atoms with van der Waals surface area (Å²) >= 11 is 0. The van der Waals surface area contributed by atoms with Crippen molar-refractivity contribution >= 4 is 17.9 Å². The maximum Gasteiger partial charge on any atom is 0.251 e. The first-order valence-corrected chi connectivity index (χ1v) is 11.8. The Morgan fingerprint density at radius 1 is 1.03 bits per heavy atom. The molecule has 0 bridgehead atoms. The van der Waals surface area contributed by atoms with Crippen LogP contribution in [0.2, 0.25) is 0 Å². The number of piperidine rings is 1. The summed E-state index contributed by atoms with van der Waals surface area (Å²) in [6, 6.07) is 20.5. The van der Waals surface area contributed by atoms with Crippen molar-refractivity contribution in [3.63, 3.8) is 0 Å². The van der Waals surface area contributed by atoms with Crippen LogP contribution >= 0.6 is 0 Å². The third-order valence-electron chi connectivity index (χ3n) is 5.76. The summed E-state index contributed by atoms with van der Waals surface area (Å²) in [4.78, 5) is 24.8. The van der Waals surface area contributed by atoms with Crippen molar-refractivity contribution < 1.29 is 23.1 Å². The summed E-state index contributed by atoms with van der Waals surface area (Å²) in [5, 5.41) is 2.89. The Bertz CT molecular complexity index is 1180. The van der Waals surface area contributed by atoms with E-state index in [2.05, 4.69) is 11.9 Å². The second kappa shape index (κ2) is 13.2. The molecule has 1 heterocycles. The number of ether oxygens (including phenoxy) is 1. The summed E-state index contributed by atoms with van der Waals surface area (Å²) in [5.41, 5.74) is 2.69. The van der Waals surface area contributed by atoms with E-state index in [4.69, 9.17) is 4.74 Å². The van der Waals surface area contributed by atoms with E-state index in [1.165, 1.54) is 19.1 Å². The second-order valence-corrected chi connectivity index (χ2v) is 8.40. The van der Waals surface area contributed by atoms with E-state index < -0.39 is 11.6 Å². The standard InChI is InChI=1S/C16H15NO.C13H15F2NO2/c1-2-13-9-6-10-15(11-13)16(18)17-12-14-7-4-3-5-8-14;1-9(17)16-6-4-11(5-7-16)18-13-3-2-10(14)8-12(13)15/h2-11H,1,12H2,(H,17,18);2-3,8,11H,4-7H2,1H3. The molecule has 0 atom stereocenters. The number of rotatable bonds is 6. The fraction of sp³-hybridized carbons (Fsp3) is 0.241. The van der Waals surface area contributed by atoms with Gasteiger partial charge in [0, 0.05) is 51.0 Å². The van der Waals surface area contributed by atoms with E-state index in [0.29, 0.717) is 38.0 Å². The molecule has 0 radical (unpaired) electrons. The lowest BCUT2D eigenvalue weighted by atomic mass is 10.1. The Labute approximate surface area is 210 Å². The molecule has 0 aliphatic carbocycles. The van der Waals surface area contributed by atoms with Crippen molar-refractivity contribution in [2.75, 3.05) is 13.1 Å². The third-order valence-corrected chi connectivity index (χ3v) is 5.76. The highest BCUT2D eigenvalue weighted by molar-refractivity contribution is 5.94. The summed E-state index contributed by atoms with van der Waals surface area (Å²) in [6.45, 7) is 6.99. The summed E-state index contributed by atoms with van der Waals surface area (Å²) in [5.74, 6) is -1.27. The number of halogens is 2. The van der Waals surface area contributed by atoms with Crippen LogP contribution in [0, 0.1) is 11.6 Å². The molecule has 4 rings (SSSR count). The lowest BCUT2D eigenvalue weighted by Crippen LogP contribution is -2.40. The van der Waals surface area contributed by atoms with Crippen molar-refractivity contribution in [2.24, 2.45) is 0 Å². The number of benzene rings is 3. The van der Waals surface area contributed by atoms with E-state index in [0.717, 1.165) is 17.2 Å². The highest BCUT2D eigenvalue weighted by Gasteiger charge is 2.22. The molecule has 1 fully saturated rings. The van der Waals surface area contributed by atoms with Crippen LogP contribution < -0.4 is 10.1 Å². The molecular formula is C29H30F2N2O3. The van der Waals surface area contributed by atoms with Gasteiger partial charge < -0.3 is 15.0 Å². The van der Waals surface area contributed by atoms with Crippen LogP contribution in [-0.2, 0) is 11.3 Å². The van der Waals surface area contributed by atoms with Crippen molar-refractivity contribution in [1.29, 1.82) is 0 Å². The SMILES string of the molecule is C=Cc1cccc(C(=O)NCc2ccccc2)c1.CC(=O)N1CCC(Oc2ccc(F)cc2F)CC1. The predicted molar refractivity (Wildman–Crippen MR) is 136 cm³/mol. The molecule has 1 aliphatic heterocycles. The summed E-state index contributed by atoms with van der Waals surface area (Å²) in [7, 11) is 0. The Morgan fingerprint density at radius 3 is 2.39 bits per heavy atom. The van der Waals surface area contributed by atoms with Crippen LogP contribution in [0.5, 0.6) is 5.75 Å². The third kappa shape index (κ3) is 8.05. The average Bonchev–Trinajstić information content (AvgIpc) is 2.90. The average molecular weight is 493 g/mol. The maximum atomic E-state index is 13.4. The molecule has 0 unspecified atom stereocenters. The van der Waals surface area contributed by atoms with Gasteiger partial charge in [-0.3, -0.25) is 9.59 Å². The molecule has 3 aromatic rings. The maximum absolute atomic E-state index is 13.4. The van der Waals surface area contributed by atoms with Crippen molar-refractivity contribution in [3.8, 4) is 5.75 Å². The van der Waals surface area contributed by atoms with Gasteiger partial charge in [-0.1, -0.05) is 55.1 Å². The van der Waals surface area contributed by atoms with Crippen LogP contribution in [0.15, 0.2) is 79.4 Å². The normalized spacial score (nSPS) is 13.2. The van der Waals surface area contributed by atoms with Gasteiger partial charge in [0.05, 0.1) is 0 Å². The Morgan fingerprint density at radius 2 is 1.75 bits per heavy atom. The van der Waals surface area contributed by atoms with Crippen LogP contribution in [0.1, 0.15) is 41.3 Å². The monoisotopic (exact) mass is 492 g/mol.